The number of nitrogens with one attached hydrogen (secondary N) is 1. The molecule has 254 valence electrons. The highest BCUT2D eigenvalue weighted by Crippen LogP contribution is 2.54. The van der Waals surface area contributed by atoms with Crippen molar-refractivity contribution in [3.05, 3.63) is 59.4 Å². The summed E-state index contributed by atoms with van der Waals surface area (Å²) >= 11 is 0. The second-order valence-corrected chi connectivity index (χ2v) is 11.3. The molecule has 4 aromatic rings. The Kier molecular flexibility index (Phi) is 8.05. The van der Waals surface area contributed by atoms with Gasteiger partial charge in [0.2, 0.25) is 5.91 Å². The van der Waals surface area contributed by atoms with E-state index in [9.17, 15) is 32.3 Å². The number of benzene rings is 2. The van der Waals surface area contributed by atoms with Gasteiger partial charge in [-0.2, -0.15) is 13.9 Å². The number of rotatable bonds is 12. The Hall–Kier alpha value is -5.19. The summed E-state index contributed by atoms with van der Waals surface area (Å²) in [6, 6.07) is 7.51. The molecule has 48 heavy (non-hydrogen) atoms. The summed E-state index contributed by atoms with van der Waals surface area (Å²) in [5.41, 5.74) is 0.596. The maximum absolute atomic E-state index is 16.1. The van der Waals surface area contributed by atoms with Crippen LogP contribution in [0.25, 0.3) is 22.2 Å². The van der Waals surface area contributed by atoms with Crippen molar-refractivity contribution in [2.45, 2.75) is 50.3 Å². The number of ether oxygens (including phenoxy) is 4. The predicted octanol–water partition coefficient (Wildman–Crippen LogP) is 4.37. The summed E-state index contributed by atoms with van der Waals surface area (Å²) in [6.45, 7) is -1.97. The third kappa shape index (κ3) is 5.89. The first-order valence-electron chi connectivity index (χ1n) is 14.6. The van der Waals surface area contributed by atoms with E-state index in [1.54, 1.807) is 6.92 Å². The Morgan fingerprint density at radius 2 is 1.88 bits per heavy atom. The lowest BCUT2D eigenvalue weighted by atomic mass is 9.88. The fraction of sp³-hybridized carbons (Fsp3) is 0.355. The molecule has 2 aromatic carbocycles. The molecule has 0 spiro atoms. The van der Waals surface area contributed by atoms with E-state index in [1.807, 2.05) is 0 Å². The minimum atomic E-state index is -3.92. The molecule has 17 heteroatoms. The highest BCUT2D eigenvalue weighted by Gasteiger charge is 2.62. The number of nitrogens with zero attached hydrogens (tertiary/aromatic N) is 3. The monoisotopic (exact) mass is 677 g/mol. The van der Waals surface area contributed by atoms with Gasteiger partial charge in [0.25, 0.3) is 5.91 Å². The van der Waals surface area contributed by atoms with E-state index in [-0.39, 0.29) is 81.4 Å². The van der Waals surface area contributed by atoms with E-state index in [2.05, 4.69) is 24.9 Å². The Morgan fingerprint density at radius 1 is 1.15 bits per heavy atom. The summed E-state index contributed by atoms with van der Waals surface area (Å²) in [7, 11) is 1.26. The molecule has 12 nitrogen and oxygen atoms in total. The van der Waals surface area contributed by atoms with Gasteiger partial charge in [-0.05, 0) is 56.2 Å². The van der Waals surface area contributed by atoms with Gasteiger partial charge in [0.15, 0.2) is 17.1 Å². The van der Waals surface area contributed by atoms with Gasteiger partial charge in [-0.25, -0.2) is 14.1 Å². The van der Waals surface area contributed by atoms with Gasteiger partial charge in [-0.15, -0.1) is 8.78 Å². The van der Waals surface area contributed by atoms with Crippen LogP contribution < -0.4 is 30.0 Å². The number of hydrogen-bond donors (Lipinski definition) is 3. The van der Waals surface area contributed by atoms with Crippen molar-refractivity contribution in [3.63, 3.8) is 0 Å². The SMILES string of the molecule is CCOc1c(CC(N)=O)cc([C@@](O)(CNC(=O)c2cc(OC)c3nn(C(F)F)cc3c2)C2(F)CC2)nc1-c1ccc2c(c1)OC(F)(F)O2. The van der Waals surface area contributed by atoms with Gasteiger partial charge < -0.3 is 35.1 Å². The predicted molar refractivity (Wildman–Crippen MR) is 157 cm³/mol. The number of aromatic nitrogens is 3. The zero-order valence-corrected chi connectivity index (χ0v) is 25.4. The number of halogens is 5. The average molecular weight is 678 g/mol. The van der Waals surface area contributed by atoms with Gasteiger partial charge >= 0.3 is 12.8 Å². The largest absolute Gasteiger partial charge is 0.586 e. The highest BCUT2D eigenvalue weighted by molar-refractivity contribution is 6.00. The lowest BCUT2D eigenvalue weighted by Gasteiger charge is -2.33. The molecular weight excluding hydrogens is 649 g/mol. The summed E-state index contributed by atoms with van der Waals surface area (Å²) in [5.74, 6) is -2.17. The summed E-state index contributed by atoms with van der Waals surface area (Å²) in [5, 5.41) is 18.4. The fourth-order valence-corrected chi connectivity index (χ4v) is 5.53. The van der Waals surface area contributed by atoms with Crippen molar-refractivity contribution in [1.29, 1.82) is 0 Å². The number of amides is 2. The lowest BCUT2D eigenvalue weighted by Crippen LogP contribution is -2.49. The van der Waals surface area contributed by atoms with Gasteiger partial charge in [0, 0.05) is 28.3 Å². The third-order valence-corrected chi connectivity index (χ3v) is 8.01. The maximum Gasteiger partial charge on any atom is 0.586 e. The van der Waals surface area contributed by atoms with Crippen LogP contribution in [0.2, 0.25) is 0 Å². The molecule has 2 aromatic heterocycles. The Labute approximate surface area is 268 Å². The van der Waals surface area contributed by atoms with Crippen LogP contribution in [0.4, 0.5) is 22.0 Å². The summed E-state index contributed by atoms with van der Waals surface area (Å²) < 4.78 is 90.7. The molecule has 0 unspecified atom stereocenters. The zero-order chi connectivity index (χ0) is 34.6. The number of hydrogen-bond acceptors (Lipinski definition) is 9. The van der Waals surface area contributed by atoms with E-state index in [1.165, 1.54) is 43.5 Å². The molecule has 3 heterocycles. The van der Waals surface area contributed by atoms with E-state index < -0.39 is 48.9 Å². The van der Waals surface area contributed by atoms with Gasteiger partial charge in [-0.1, -0.05) is 0 Å². The number of primary amides is 1. The minimum Gasteiger partial charge on any atom is -0.494 e. The molecule has 1 aliphatic heterocycles. The maximum atomic E-state index is 16.1. The van der Waals surface area contributed by atoms with Crippen molar-refractivity contribution >= 4 is 22.7 Å². The molecule has 0 saturated heterocycles. The average Bonchev–Trinajstić information content (AvgIpc) is 3.50. The second kappa shape index (κ2) is 11.8. The van der Waals surface area contributed by atoms with E-state index >= 15 is 4.39 Å². The van der Waals surface area contributed by atoms with Gasteiger partial charge in [-0.3, -0.25) is 9.59 Å². The first kappa shape index (κ1) is 32.7. The normalized spacial score (nSPS) is 16.9. The number of carbonyl (C=O) groups is 2. The van der Waals surface area contributed by atoms with Crippen LogP contribution in [0.5, 0.6) is 23.0 Å². The van der Waals surface area contributed by atoms with E-state index in [0.29, 0.717) is 4.68 Å². The van der Waals surface area contributed by atoms with Crippen LogP contribution in [0, 0.1) is 0 Å². The smallest absolute Gasteiger partial charge is 0.494 e. The van der Waals surface area contributed by atoms with Crippen molar-refractivity contribution in [1.82, 2.24) is 20.1 Å². The molecule has 1 fully saturated rings. The first-order chi connectivity index (χ1) is 22.7. The standard InChI is InChI=1S/C31H28F5N5O7/c1-3-46-26-16(12-23(37)42)11-22(39-25(26)15-4-5-19-20(9-15)48-31(35,36)47-19)30(44,29(34)6-7-29)14-38-27(43)17-8-18-13-41(28(32)33)40-24(18)21(10-17)45-2/h4-5,8-11,13,28,44H,3,6-7,12,14H2,1-2H3,(H2,37,42)(H,38,43)/t30-/m0/s1. The van der Waals surface area contributed by atoms with Crippen molar-refractivity contribution in [2.75, 3.05) is 20.3 Å². The first-order valence-corrected chi connectivity index (χ1v) is 14.6. The Balaban J connectivity index is 1.41. The van der Waals surface area contributed by atoms with Crippen LogP contribution in [0.15, 0.2) is 42.6 Å². The second-order valence-electron chi connectivity index (χ2n) is 11.3. The van der Waals surface area contributed by atoms with Crippen molar-refractivity contribution < 1.29 is 55.6 Å². The van der Waals surface area contributed by atoms with Gasteiger partial charge in [0.1, 0.15) is 28.4 Å². The van der Waals surface area contributed by atoms with Crippen LogP contribution in [-0.4, -0.2) is 63.9 Å². The molecule has 6 rings (SSSR count). The molecular formula is C31H28F5N5O7. The summed E-state index contributed by atoms with van der Waals surface area (Å²) in [6.07, 6.45) is -3.55. The minimum absolute atomic E-state index is 0.0190. The van der Waals surface area contributed by atoms with Crippen LogP contribution in [-0.2, 0) is 16.8 Å². The molecule has 1 saturated carbocycles. The van der Waals surface area contributed by atoms with Crippen LogP contribution in [0.3, 0.4) is 0 Å². The molecule has 0 radical (unpaired) electrons. The highest BCUT2D eigenvalue weighted by atomic mass is 19.3. The molecule has 2 amide bonds. The quantitative estimate of drug-likeness (QED) is 0.185. The van der Waals surface area contributed by atoms with Crippen LogP contribution in [0.1, 0.15) is 47.9 Å². The number of fused-ring (bicyclic) bond motifs is 2. The fourth-order valence-electron chi connectivity index (χ4n) is 5.53. The van der Waals surface area contributed by atoms with Crippen molar-refractivity contribution in [3.8, 4) is 34.3 Å². The summed E-state index contributed by atoms with van der Waals surface area (Å²) in [4.78, 5) is 30.0. The topological polar surface area (TPSA) is 160 Å². The number of alkyl halides is 5. The number of pyridine rings is 1. The number of methoxy groups -OCH3 is 1. The lowest BCUT2D eigenvalue weighted by molar-refractivity contribution is -0.286. The van der Waals surface area contributed by atoms with Gasteiger partial charge in [0.05, 0.1) is 32.4 Å². The Bertz CT molecular complexity index is 1930. The van der Waals surface area contributed by atoms with E-state index in [0.717, 1.165) is 6.20 Å². The number of aliphatic hydroxyl groups is 1. The zero-order valence-electron chi connectivity index (χ0n) is 25.4. The molecule has 1 aliphatic carbocycles. The molecule has 4 N–H and O–H groups in total. The third-order valence-electron chi connectivity index (χ3n) is 8.01. The van der Waals surface area contributed by atoms with Crippen molar-refractivity contribution in [2.24, 2.45) is 5.73 Å². The Morgan fingerprint density at radius 3 is 2.52 bits per heavy atom. The van der Waals surface area contributed by atoms with Crippen LogP contribution >= 0.6 is 0 Å². The van der Waals surface area contributed by atoms with E-state index in [4.69, 9.17) is 15.2 Å². The molecule has 0 bridgehead atoms. The molecule has 1 atom stereocenters. The number of carbonyl (C=O) groups excluding carboxylic acids is 2. The molecule has 2 aliphatic rings. The number of nitrogens with two attached hydrogens (primary N) is 1.